The Morgan fingerprint density at radius 1 is 0.333 bits per heavy atom. The molecule has 0 aliphatic rings. The van der Waals surface area contributed by atoms with Crippen molar-refractivity contribution in [3.63, 3.8) is 0 Å². The Balaban J connectivity index is 3.89. The highest BCUT2D eigenvalue weighted by atomic mass is 31.2. The lowest BCUT2D eigenvalue weighted by molar-refractivity contribution is -0.870. The molecule has 0 N–H and O–H groups in total. The van der Waals surface area contributed by atoms with Crippen LogP contribution in [0.15, 0.2) is 36.5 Å². The van der Waals surface area contributed by atoms with Gasteiger partial charge in [-0.2, -0.15) is 0 Å². The first-order valence-corrected chi connectivity index (χ1v) is 42.7. The van der Waals surface area contributed by atoms with Gasteiger partial charge in [0.15, 0.2) is 6.10 Å². The van der Waals surface area contributed by atoms with Crippen LogP contribution < -0.4 is 4.89 Å². The summed E-state index contributed by atoms with van der Waals surface area (Å²) >= 11 is 0. The van der Waals surface area contributed by atoms with Crippen molar-refractivity contribution in [3.05, 3.63) is 36.5 Å². The van der Waals surface area contributed by atoms with Crippen LogP contribution in [-0.4, -0.2) is 70.0 Å². The minimum Gasteiger partial charge on any atom is -0.756 e. The third-order valence-electron chi connectivity index (χ3n) is 18.9. The largest absolute Gasteiger partial charge is 0.756 e. The molecular weight excluding hydrogens is 1170 g/mol. The van der Waals surface area contributed by atoms with Gasteiger partial charge in [-0.05, 0) is 51.4 Å². The van der Waals surface area contributed by atoms with Crippen molar-refractivity contribution in [2.45, 2.75) is 437 Å². The maximum atomic E-state index is 12.9. The number of phosphoric ester groups is 1. The fourth-order valence-corrected chi connectivity index (χ4v) is 13.3. The number of nitrogens with zero attached hydrogens (tertiary/aromatic N) is 1. The Bertz CT molecular complexity index is 1660. The van der Waals surface area contributed by atoms with Crippen molar-refractivity contribution in [2.24, 2.45) is 0 Å². The molecule has 0 amide bonds. The van der Waals surface area contributed by atoms with Crippen molar-refractivity contribution in [2.75, 3.05) is 47.5 Å². The highest BCUT2D eigenvalue weighted by Gasteiger charge is 2.22. The Labute approximate surface area is 580 Å². The number of unbranched alkanes of at least 4 members (excludes halogenated alkanes) is 58. The summed E-state index contributed by atoms with van der Waals surface area (Å²) in [6.45, 7) is 4.32. The van der Waals surface area contributed by atoms with Crippen LogP contribution in [0, 0.1) is 0 Å². The summed E-state index contributed by atoms with van der Waals surface area (Å²) in [5.74, 6) is -0.807. The first-order valence-electron chi connectivity index (χ1n) is 41.2. The van der Waals surface area contributed by atoms with Crippen LogP contribution in [0.1, 0.15) is 431 Å². The molecule has 93 heavy (non-hydrogen) atoms. The number of quaternary nitrogens is 1. The third kappa shape index (κ3) is 79.1. The van der Waals surface area contributed by atoms with E-state index in [0.29, 0.717) is 17.4 Å². The molecule has 0 bridgehead atoms. The number of ether oxygens (including phenoxy) is 2. The number of likely N-dealkylation sites (N-methyl/N-ethyl adjacent to an activating group) is 1. The normalized spacial score (nSPS) is 13.1. The minimum absolute atomic E-state index is 0.0275. The van der Waals surface area contributed by atoms with Gasteiger partial charge in [0.1, 0.15) is 19.8 Å². The smallest absolute Gasteiger partial charge is 0.306 e. The van der Waals surface area contributed by atoms with Gasteiger partial charge in [0.2, 0.25) is 0 Å². The van der Waals surface area contributed by atoms with E-state index in [1.807, 2.05) is 21.1 Å². The molecule has 550 valence electrons. The number of allylic oxidation sites excluding steroid dienone is 6. The number of phosphoric acid groups is 1. The van der Waals surface area contributed by atoms with Crippen molar-refractivity contribution in [3.8, 4) is 0 Å². The van der Waals surface area contributed by atoms with E-state index in [-0.39, 0.29) is 32.0 Å². The van der Waals surface area contributed by atoms with Crippen molar-refractivity contribution >= 4 is 19.8 Å². The molecule has 0 radical (unpaired) electrons. The Kier molecular flexibility index (Phi) is 73.0. The number of esters is 2. The molecule has 0 saturated carbocycles. The SMILES string of the molecule is CCCCCCC/C=C\C/C=C\C/C=C\CCCCCCCCCCCCCCCCCCCCC(=O)OC(COC(=O)CCCCCCCCCCCCCCCCCCCCCCCCCCCCCCCCCCCCCC)COP(=O)([O-])OCC[N+](C)(C)C. The molecule has 0 spiro atoms. The second-order valence-corrected chi connectivity index (χ2v) is 30.9. The quantitative estimate of drug-likeness (QED) is 0.0195. The van der Waals surface area contributed by atoms with Crippen LogP contribution in [-0.2, 0) is 32.7 Å². The molecule has 0 saturated heterocycles. The van der Waals surface area contributed by atoms with Crippen LogP contribution in [0.2, 0.25) is 0 Å². The van der Waals surface area contributed by atoms with Gasteiger partial charge in [-0.25, -0.2) is 0 Å². The molecule has 0 aromatic carbocycles. The molecule has 9 nitrogen and oxygen atoms in total. The lowest BCUT2D eigenvalue weighted by Crippen LogP contribution is -2.37. The summed E-state index contributed by atoms with van der Waals surface area (Å²) < 4.78 is 34.4. The molecule has 0 aromatic heterocycles. The van der Waals surface area contributed by atoms with Crippen LogP contribution in [0.3, 0.4) is 0 Å². The van der Waals surface area contributed by atoms with Gasteiger partial charge in [-0.1, -0.05) is 403 Å². The van der Waals surface area contributed by atoms with Gasteiger partial charge < -0.3 is 27.9 Å². The fourth-order valence-electron chi connectivity index (χ4n) is 12.6. The van der Waals surface area contributed by atoms with Crippen molar-refractivity contribution in [1.29, 1.82) is 0 Å². The molecule has 0 aromatic rings. The molecule has 0 aliphatic carbocycles. The standard InChI is InChI=1S/C83H160NO8P/c1-6-8-10-12-14-16-18-20-22-24-26-28-30-32-34-36-38-40-41-42-44-45-47-49-51-53-55-57-59-61-63-65-67-69-71-73-75-82(85)89-79-81(80-91-93(87,88)90-78-77-84(3,4)5)92-83(86)76-74-72-70-68-66-64-62-60-58-56-54-52-50-48-46-43-39-37-35-33-31-29-27-25-23-21-19-17-15-13-11-9-7-2/h19,21,25,27,31,33,81H,6-18,20,22-24,26,28-30,32,34-80H2,1-5H3/b21-19-,27-25-,33-31-. The predicted molar refractivity (Wildman–Crippen MR) is 402 cm³/mol. The maximum absolute atomic E-state index is 12.9. The third-order valence-corrected chi connectivity index (χ3v) is 19.9. The van der Waals surface area contributed by atoms with E-state index >= 15 is 0 Å². The highest BCUT2D eigenvalue weighted by Crippen LogP contribution is 2.38. The Morgan fingerprint density at radius 3 is 0.860 bits per heavy atom. The average Bonchev–Trinajstić information content (AvgIpc) is 2.30. The predicted octanol–water partition coefficient (Wildman–Crippen LogP) is 26.7. The Hall–Kier alpha value is -1.77. The molecule has 2 unspecified atom stereocenters. The molecular formula is C83H160NO8P. The van der Waals surface area contributed by atoms with Crippen LogP contribution >= 0.6 is 7.82 Å². The highest BCUT2D eigenvalue weighted by molar-refractivity contribution is 7.45. The number of carbonyl (C=O) groups is 2. The van der Waals surface area contributed by atoms with Gasteiger partial charge >= 0.3 is 11.9 Å². The van der Waals surface area contributed by atoms with E-state index in [2.05, 4.69) is 50.3 Å². The molecule has 0 aliphatic heterocycles. The van der Waals surface area contributed by atoms with Crippen LogP contribution in [0.25, 0.3) is 0 Å². The summed E-state index contributed by atoms with van der Waals surface area (Å²) in [7, 11) is 1.19. The summed E-state index contributed by atoms with van der Waals surface area (Å²) in [6.07, 6.45) is 97.1. The van der Waals surface area contributed by atoms with Crippen LogP contribution in [0.5, 0.6) is 0 Å². The van der Waals surface area contributed by atoms with Crippen molar-refractivity contribution in [1.82, 2.24) is 0 Å². The topological polar surface area (TPSA) is 111 Å². The van der Waals surface area contributed by atoms with E-state index in [1.54, 1.807) is 0 Å². The maximum Gasteiger partial charge on any atom is 0.306 e. The van der Waals surface area contributed by atoms with Gasteiger partial charge in [0.25, 0.3) is 7.82 Å². The summed E-state index contributed by atoms with van der Waals surface area (Å²) in [5, 5.41) is 0. The van der Waals surface area contributed by atoms with Crippen molar-refractivity contribution < 1.29 is 42.1 Å². The molecule has 0 heterocycles. The van der Waals surface area contributed by atoms with Gasteiger partial charge in [0.05, 0.1) is 27.7 Å². The van der Waals surface area contributed by atoms with E-state index in [9.17, 15) is 19.0 Å². The lowest BCUT2D eigenvalue weighted by Gasteiger charge is -2.28. The average molecular weight is 1330 g/mol. The fraction of sp³-hybridized carbons (Fsp3) is 0.904. The van der Waals surface area contributed by atoms with E-state index in [4.69, 9.17) is 18.5 Å². The summed E-state index contributed by atoms with van der Waals surface area (Å²) in [6, 6.07) is 0. The zero-order valence-corrected chi connectivity index (χ0v) is 63.9. The number of carbonyl (C=O) groups excluding carboxylic acids is 2. The lowest BCUT2D eigenvalue weighted by atomic mass is 10.0. The molecule has 2 atom stereocenters. The minimum atomic E-state index is -4.64. The van der Waals surface area contributed by atoms with Gasteiger partial charge in [0, 0.05) is 12.8 Å². The van der Waals surface area contributed by atoms with E-state index in [0.717, 1.165) is 44.9 Å². The number of hydrogen-bond acceptors (Lipinski definition) is 8. The van der Waals surface area contributed by atoms with Gasteiger partial charge in [-0.15, -0.1) is 0 Å². The second-order valence-electron chi connectivity index (χ2n) is 29.5. The Morgan fingerprint density at radius 2 is 0.581 bits per heavy atom. The van der Waals surface area contributed by atoms with Crippen LogP contribution in [0.4, 0.5) is 0 Å². The number of hydrogen-bond donors (Lipinski definition) is 0. The molecule has 10 heteroatoms. The first-order chi connectivity index (χ1) is 45.5. The summed E-state index contributed by atoms with van der Waals surface area (Å²) in [5.41, 5.74) is 0. The first kappa shape index (κ1) is 91.2. The molecule has 0 rings (SSSR count). The molecule has 0 fully saturated rings. The number of rotatable bonds is 78. The van der Waals surface area contributed by atoms with Gasteiger partial charge in [-0.3, -0.25) is 14.2 Å². The second kappa shape index (κ2) is 74.5. The van der Waals surface area contributed by atoms with E-state index in [1.165, 1.54) is 353 Å². The zero-order chi connectivity index (χ0) is 67.6. The monoisotopic (exact) mass is 1330 g/mol. The summed E-state index contributed by atoms with van der Waals surface area (Å²) in [4.78, 5) is 38.2. The zero-order valence-electron chi connectivity index (χ0n) is 63.0. The van der Waals surface area contributed by atoms with E-state index < -0.39 is 26.5 Å².